The molecule has 0 unspecified atom stereocenters. The van der Waals surface area contributed by atoms with E-state index in [1.807, 2.05) is 6.07 Å². The van der Waals surface area contributed by atoms with Crippen LogP contribution in [0.15, 0.2) is 30.3 Å². The highest BCUT2D eigenvalue weighted by Crippen LogP contribution is 2.41. The number of urea groups is 1. The van der Waals surface area contributed by atoms with Crippen LogP contribution in [0.5, 0.6) is 0 Å². The zero-order valence-corrected chi connectivity index (χ0v) is 12.5. The van der Waals surface area contributed by atoms with Gasteiger partial charge in [0.15, 0.2) is 0 Å². The van der Waals surface area contributed by atoms with Crippen LogP contribution in [0.3, 0.4) is 0 Å². The standard InChI is InChI=1S/C15H16N2O6/c1-21-13(19)9-15-8-11(7-12(18)22-15)17(23-15)14(20)16-10-5-3-2-4-6-10/h2-6,11H,7-9H2,1H3,(H,16,20)/t11-,15+/m0/s1. The number of para-hydroxylation sites is 1. The summed E-state index contributed by atoms with van der Waals surface area (Å²) < 4.78 is 9.78. The minimum atomic E-state index is -1.47. The largest absolute Gasteiger partial charge is 0.469 e. The van der Waals surface area contributed by atoms with Crippen LogP contribution in [-0.4, -0.2) is 42.0 Å². The van der Waals surface area contributed by atoms with Crippen LogP contribution < -0.4 is 5.32 Å². The average molecular weight is 320 g/mol. The van der Waals surface area contributed by atoms with Crippen molar-refractivity contribution < 1.29 is 28.7 Å². The van der Waals surface area contributed by atoms with Crippen LogP contribution in [-0.2, 0) is 23.9 Å². The minimum absolute atomic E-state index is 0.0190. The Labute approximate surface area is 132 Å². The predicted octanol–water partition coefficient (Wildman–Crippen LogP) is 1.43. The molecular weight excluding hydrogens is 304 g/mol. The van der Waals surface area contributed by atoms with Gasteiger partial charge in [0, 0.05) is 12.1 Å². The lowest BCUT2D eigenvalue weighted by Gasteiger charge is -2.27. The quantitative estimate of drug-likeness (QED) is 0.847. The lowest BCUT2D eigenvalue weighted by atomic mass is 9.99. The topological polar surface area (TPSA) is 94.2 Å². The van der Waals surface area contributed by atoms with E-state index in [0.29, 0.717) is 5.69 Å². The van der Waals surface area contributed by atoms with Gasteiger partial charge >= 0.3 is 18.0 Å². The first-order valence-corrected chi connectivity index (χ1v) is 7.14. The van der Waals surface area contributed by atoms with Gasteiger partial charge in [-0.15, -0.1) is 0 Å². The van der Waals surface area contributed by atoms with Crippen LogP contribution in [0.1, 0.15) is 19.3 Å². The molecule has 1 N–H and O–H groups in total. The van der Waals surface area contributed by atoms with Crippen LogP contribution in [0.2, 0.25) is 0 Å². The average Bonchev–Trinajstić information content (AvgIpc) is 2.79. The highest BCUT2D eigenvalue weighted by atomic mass is 16.8. The van der Waals surface area contributed by atoms with E-state index in [2.05, 4.69) is 10.1 Å². The summed E-state index contributed by atoms with van der Waals surface area (Å²) in [5, 5.41) is 3.75. The van der Waals surface area contributed by atoms with E-state index in [9.17, 15) is 14.4 Å². The molecule has 8 heteroatoms. The van der Waals surface area contributed by atoms with E-state index < -0.39 is 29.8 Å². The van der Waals surface area contributed by atoms with E-state index in [4.69, 9.17) is 9.57 Å². The zero-order valence-electron chi connectivity index (χ0n) is 12.5. The van der Waals surface area contributed by atoms with Crippen molar-refractivity contribution >= 4 is 23.7 Å². The lowest BCUT2D eigenvalue weighted by Crippen LogP contribution is -2.40. The normalized spacial score (nSPS) is 25.7. The molecule has 2 amide bonds. The van der Waals surface area contributed by atoms with Gasteiger partial charge in [-0.2, -0.15) is 5.06 Å². The molecule has 1 aromatic carbocycles. The van der Waals surface area contributed by atoms with Gasteiger partial charge in [-0.1, -0.05) is 18.2 Å². The number of amides is 2. The first-order chi connectivity index (χ1) is 11.0. The maximum Gasteiger partial charge on any atom is 0.346 e. The zero-order chi connectivity index (χ0) is 16.4. The molecule has 0 saturated carbocycles. The van der Waals surface area contributed by atoms with Crippen molar-refractivity contribution in [3.8, 4) is 0 Å². The van der Waals surface area contributed by atoms with Crippen molar-refractivity contribution in [3.05, 3.63) is 30.3 Å². The second kappa shape index (κ2) is 5.88. The van der Waals surface area contributed by atoms with Gasteiger partial charge in [0.05, 0.1) is 19.6 Å². The summed E-state index contributed by atoms with van der Waals surface area (Å²) in [6, 6.07) is 7.84. The van der Waals surface area contributed by atoms with E-state index in [1.165, 1.54) is 7.11 Å². The number of hydroxylamine groups is 2. The van der Waals surface area contributed by atoms with Gasteiger partial charge < -0.3 is 14.8 Å². The smallest absolute Gasteiger partial charge is 0.346 e. The molecule has 1 aromatic rings. The fraction of sp³-hybridized carbons (Fsp3) is 0.400. The number of benzene rings is 1. The number of hydrogen-bond donors (Lipinski definition) is 1. The highest BCUT2D eigenvalue weighted by molar-refractivity contribution is 5.89. The molecule has 2 aliphatic heterocycles. The van der Waals surface area contributed by atoms with Crippen LogP contribution in [0, 0.1) is 0 Å². The maximum atomic E-state index is 12.4. The van der Waals surface area contributed by atoms with Crippen molar-refractivity contribution in [2.45, 2.75) is 31.1 Å². The molecule has 122 valence electrons. The second-order valence-corrected chi connectivity index (χ2v) is 5.41. The van der Waals surface area contributed by atoms with Crippen LogP contribution in [0.4, 0.5) is 10.5 Å². The fourth-order valence-electron chi connectivity index (χ4n) is 2.73. The SMILES string of the molecule is COC(=O)C[C@]12C[C@H](CC(=O)O1)N(C(=O)Nc1ccccc1)O2. The molecule has 2 bridgehead atoms. The number of anilines is 1. The molecule has 2 atom stereocenters. The molecule has 0 aliphatic carbocycles. The van der Waals surface area contributed by atoms with Gasteiger partial charge in [0.2, 0.25) is 5.79 Å². The fourth-order valence-corrected chi connectivity index (χ4v) is 2.73. The monoisotopic (exact) mass is 320 g/mol. The summed E-state index contributed by atoms with van der Waals surface area (Å²) in [5.74, 6) is -2.56. The Balaban J connectivity index is 1.75. The number of esters is 2. The molecule has 0 aromatic heterocycles. The van der Waals surface area contributed by atoms with E-state index >= 15 is 0 Å². The summed E-state index contributed by atoms with van der Waals surface area (Å²) in [5.41, 5.74) is 0.594. The number of fused-ring (bicyclic) bond motifs is 2. The molecule has 2 heterocycles. The third-order valence-electron chi connectivity index (χ3n) is 3.71. The number of nitrogens with one attached hydrogen (secondary N) is 1. The third kappa shape index (κ3) is 3.11. The Hall–Kier alpha value is -2.61. The van der Waals surface area contributed by atoms with Crippen molar-refractivity contribution in [1.82, 2.24) is 5.06 Å². The summed E-state index contributed by atoms with van der Waals surface area (Å²) in [6.07, 6.45) is -0.0119. The first-order valence-electron chi connectivity index (χ1n) is 7.14. The van der Waals surface area contributed by atoms with E-state index in [-0.39, 0.29) is 19.3 Å². The number of nitrogens with zero attached hydrogens (tertiary/aromatic N) is 1. The van der Waals surface area contributed by atoms with Crippen molar-refractivity contribution in [1.29, 1.82) is 0 Å². The first kappa shape index (κ1) is 15.3. The number of hydrogen-bond acceptors (Lipinski definition) is 6. The number of rotatable bonds is 3. The number of methoxy groups -OCH3 is 1. The number of carbonyl (C=O) groups excluding carboxylic acids is 3. The Bertz CT molecular complexity index is 634. The summed E-state index contributed by atoms with van der Waals surface area (Å²) in [4.78, 5) is 41.1. The van der Waals surface area contributed by atoms with Gasteiger partial charge in [-0.25, -0.2) is 9.63 Å². The molecule has 2 aliphatic rings. The molecule has 23 heavy (non-hydrogen) atoms. The van der Waals surface area contributed by atoms with Crippen LogP contribution >= 0.6 is 0 Å². The molecule has 0 spiro atoms. The third-order valence-corrected chi connectivity index (χ3v) is 3.71. The highest BCUT2D eigenvalue weighted by Gasteiger charge is 2.56. The summed E-state index contributed by atoms with van der Waals surface area (Å²) in [7, 11) is 1.23. The van der Waals surface area contributed by atoms with Gasteiger partial charge in [-0.3, -0.25) is 9.59 Å². The maximum absolute atomic E-state index is 12.4. The Morgan fingerprint density at radius 3 is 2.83 bits per heavy atom. The summed E-state index contributed by atoms with van der Waals surface area (Å²) in [6.45, 7) is 0. The molecule has 8 nitrogen and oxygen atoms in total. The molecule has 2 saturated heterocycles. The second-order valence-electron chi connectivity index (χ2n) is 5.41. The van der Waals surface area contributed by atoms with E-state index in [1.54, 1.807) is 24.3 Å². The minimum Gasteiger partial charge on any atom is -0.469 e. The Kier molecular flexibility index (Phi) is 3.91. The lowest BCUT2D eigenvalue weighted by molar-refractivity contribution is -0.268. The van der Waals surface area contributed by atoms with Gasteiger partial charge in [0.25, 0.3) is 0 Å². The predicted molar refractivity (Wildman–Crippen MR) is 76.9 cm³/mol. The van der Waals surface area contributed by atoms with Gasteiger partial charge in [0.1, 0.15) is 6.42 Å². The molecule has 3 rings (SSSR count). The number of ether oxygens (including phenoxy) is 2. The Morgan fingerprint density at radius 2 is 2.13 bits per heavy atom. The molecular formula is C15H16N2O6. The van der Waals surface area contributed by atoms with Crippen LogP contribution in [0.25, 0.3) is 0 Å². The van der Waals surface area contributed by atoms with Crippen molar-refractivity contribution in [3.63, 3.8) is 0 Å². The van der Waals surface area contributed by atoms with Crippen molar-refractivity contribution in [2.75, 3.05) is 12.4 Å². The summed E-state index contributed by atoms with van der Waals surface area (Å²) >= 11 is 0. The van der Waals surface area contributed by atoms with E-state index in [0.717, 1.165) is 5.06 Å². The molecule has 2 fully saturated rings. The van der Waals surface area contributed by atoms with Gasteiger partial charge in [-0.05, 0) is 12.1 Å². The Morgan fingerprint density at radius 1 is 1.39 bits per heavy atom. The number of carbonyl (C=O) groups is 3. The molecule has 0 radical (unpaired) electrons. The van der Waals surface area contributed by atoms with Crippen molar-refractivity contribution in [2.24, 2.45) is 0 Å².